The second-order valence-electron chi connectivity index (χ2n) is 0. The minimum Gasteiger partial charge on any atom is -1.00 e. The van der Waals surface area contributed by atoms with Gasteiger partial charge in [0.15, 0.2) is 0 Å². The number of hydrogen-bond acceptors (Lipinski definition) is 2. The third kappa shape index (κ3) is 9.36. The molecule has 0 saturated heterocycles. The number of rotatable bonds is 0. The molecule has 0 atom stereocenters. The summed E-state index contributed by atoms with van der Waals surface area (Å²) in [5.74, 6) is 0. The molecule has 0 aromatic rings. The van der Waals surface area contributed by atoms with E-state index < -0.39 is 0 Å². The van der Waals surface area contributed by atoms with E-state index in [9.17, 15) is 0 Å². The first-order chi connectivity index (χ1) is 1.00. The molecule has 0 rings (SSSR count). The van der Waals surface area contributed by atoms with Crippen LogP contribution in [0.2, 0.25) is 0 Å². The number of thiol groups is 2. The molecular formula is H4K2S2. The summed E-state index contributed by atoms with van der Waals surface area (Å²) in [7, 11) is 0. The van der Waals surface area contributed by atoms with Gasteiger partial charge in [-0.25, -0.2) is 0 Å². The van der Waals surface area contributed by atoms with Gasteiger partial charge < -0.3 is 2.85 Å². The van der Waals surface area contributed by atoms with Crippen molar-refractivity contribution in [3.05, 3.63) is 0 Å². The van der Waals surface area contributed by atoms with Crippen molar-refractivity contribution >= 4 is 23.3 Å². The molecule has 0 fully saturated rings. The van der Waals surface area contributed by atoms with E-state index in [0.717, 1.165) is 0 Å². The molecule has 0 aliphatic heterocycles. The van der Waals surface area contributed by atoms with E-state index in [0.29, 0.717) is 0 Å². The molecule has 0 aromatic carbocycles. The molecule has 4 heteroatoms. The molecule has 0 aliphatic carbocycles. The standard InChI is InChI=1S/2K.H2S2.2H/c;;1-2;;/h;;1-2H;;/q2*+1;;2*-1. The van der Waals surface area contributed by atoms with Crippen molar-refractivity contribution in [2.45, 2.75) is 0 Å². The van der Waals surface area contributed by atoms with Crippen LogP contribution in [0.15, 0.2) is 0 Å². The largest absolute Gasteiger partial charge is 1.00 e. The summed E-state index contributed by atoms with van der Waals surface area (Å²) >= 11 is 6.44. The van der Waals surface area contributed by atoms with Gasteiger partial charge in [0.2, 0.25) is 0 Å². The smallest absolute Gasteiger partial charge is 1.00 e. The zero-order valence-electron chi connectivity index (χ0n) is 4.89. The Labute approximate surface area is 125 Å². The third-order valence-electron chi connectivity index (χ3n) is 0. The topological polar surface area (TPSA) is 0 Å². The SMILES string of the molecule is SS.[H-].[H-].[K+].[K+]. The molecule has 0 amide bonds. The van der Waals surface area contributed by atoms with E-state index in [1.54, 1.807) is 0 Å². The maximum atomic E-state index is 3.22. The summed E-state index contributed by atoms with van der Waals surface area (Å²) < 4.78 is 0. The first kappa shape index (κ1) is 15.7. The van der Waals surface area contributed by atoms with Crippen LogP contribution < -0.4 is 103 Å². The van der Waals surface area contributed by atoms with Crippen LogP contribution in [0.1, 0.15) is 2.85 Å². The fourth-order valence-corrected chi connectivity index (χ4v) is 0. The van der Waals surface area contributed by atoms with Crippen molar-refractivity contribution in [3.63, 3.8) is 0 Å². The summed E-state index contributed by atoms with van der Waals surface area (Å²) in [5, 5.41) is 0. The van der Waals surface area contributed by atoms with Gasteiger partial charge in [0, 0.05) is 0 Å². The normalized spacial score (nSPS) is 1.50. The van der Waals surface area contributed by atoms with Gasteiger partial charge in [-0.1, -0.05) is 0 Å². The van der Waals surface area contributed by atoms with Gasteiger partial charge in [0.1, 0.15) is 0 Å². The minimum absolute atomic E-state index is 0. The maximum absolute atomic E-state index is 3.22. The van der Waals surface area contributed by atoms with Crippen molar-refractivity contribution in [2.75, 3.05) is 0 Å². The van der Waals surface area contributed by atoms with Crippen molar-refractivity contribution in [1.29, 1.82) is 0 Å². The molecule has 0 nitrogen and oxygen atoms in total. The molecule has 0 saturated carbocycles. The van der Waals surface area contributed by atoms with Gasteiger partial charge in [-0.05, 0) is 0 Å². The molecule has 4 heavy (non-hydrogen) atoms. The zero-order chi connectivity index (χ0) is 2.00. The van der Waals surface area contributed by atoms with Crippen LogP contribution in [0, 0.1) is 0 Å². The molecule has 0 aromatic heterocycles. The van der Waals surface area contributed by atoms with E-state index in [1.165, 1.54) is 0 Å². The molecule has 0 bridgehead atoms. The fourth-order valence-electron chi connectivity index (χ4n) is 0. The molecule has 0 aliphatic rings. The summed E-state index contributed by atoms with van der Waals surface area (Å²) in [6, 6.07) is 0. The summed E-state index contributed by atoms with van der Waals surface area (Å²) in [4.78, 5) is 0. The van der Waals surface area contributed by atoms with Crippen LogP contribution in [-0.2, 0) is 0 Å². The Kier molecular flexibility index (Phi) is 61.8. The van der Waals surface area contributed by atoms with Crippen molar-refractivity contribution in [2.24, 2.45) is 0 Å². The zero-order valence-corrected chi connectivity index (χ0v) is 10.9. The Morgan fingerprint density at radius 2 is 1.00 bits per heavy atom. The van der Waals surface area contributed by atoms with Crippen molar-refractivity contribution < 1.29 is 106 Å². The Balaban J connectivity index is -0.000000000833. The van der Waals surface area contributed by atoms with Gasteiger partial charge >= 0.3 is 103 Å². The second kappa shape index (κ2) is 15.8. The molecule has 0 radical (unpaired) electrons. The van der Waals surface area contributed by atoms with Crippen LogP contribution in [-0.4, -0.2) is 0 Å². The first-order valence-corrected chi connectivity index (χ1v) is 1.80. The quantitative estimate of drug-likeness (QED) is 0.191. The Morgan fingerprint density at radius 3 is 1.00 bits per heavy atom. The Bertz CT molecular complexity index is 9.51. The summed E-state index contributed by atoms with van der Waals surface area (Å²) in [6.07, 6.45) is 0. The predicted molar refractivity (Wildman–Crippen MR) is 20.2 cm³/mol. The average Bonchev–Trinajstić information content (AvgIpc) is 1.00. The molecular weight excluding hydrogens is 142 g/mol. The predicted octanol–water partition coefficient (Wildman–Crippen LogP) is -5.01. The van der Waals surface area contributed by atoms with Crippen LogP contribution in [0.4, 0.5) is 0 Å². The Hall–Kier alpha value is 3.97. The Morgan fingerprint density at radius 1 is 1.00 bits per heavy atom. The fraction of sp³-hybridized carbons (Fsp3) is 0. The summed E-state index contributed by atoms with van der Waals surface area (Å²) in [6.45, 7) is 0. The minimum atomic E-state index is 0. The monoisotopic (exact) mass is 146 g/mol. The van der Waals surface area contributed by atoms with Gasteiger partial charge in [-0.15, -0.1) is 23.3 Å². The van der Waals surface area contributed by atoms with E-state index >= 15 is 0 Å². The molecule has 0 unspecified atom stereocenters. The van der Waals surface area contributed by atoms with Gasteiger partial charge in [0.05, 0.1) is 0 Å². The molecule has 0 heterocycles. The van der Waals surface area contributed by atoms with E-state index in [1.807, 2.05) is 0 Å². The maximum Gasteiger partial charge on any atom is 1.00 e. The number of hydrogen-bond donors (Lipinski definition) is 2. The van der Waals surface area contributed by atoms with Crippen molar-refractivity contribution in [3.8, 4) is 0 Å². The summed E-state index contributed by atoms with van der Waals surface area (Å²) in [5.41, 5.74) is 0. The molecule has 18 valence electrons. The van der Waals surface area contributed by atoms with Crippen molar-refractivity contribution in [1.82, 2.24) is 0 Å². The molecule has 0 spiro atoms. The van der Waals surface area contributed by atoms with Crippen LogP contribution in [0.5, 0.6) is 0 Å². The van der Waals surface area contributed by atoms with E-state index in [2.05, 4.69) is 23.3 Å². The van der Waals surface area contributed by atoms with Crippen LogP contribution >= 0.6 is 23.3 Å². The second-order valence-corrected chi connectivity index (χ2v) is 0. The van der Waals surface area contributed by atoms with Gasteiger partial charge in [-0.2, -0.15) is 0 Å². The average molecular weight is 146 g/mol. The molecule has 0 N–H and O–H groups in total. The van der Waals surface area contributed by atoms with Crippen LogP contribution in [0.25, 0.3) is 0 Å². The van der Waals surface area contributed by atoms with Crippen LogP contribution in [0.3, 0.4) is 0 Å². The third-order valence-corrected chi connectivity index (χ3v) is 0. The van der Waals surface area contributed by atoms with E-state index in [-0.39, 0.29) is 106 Å². The van der Waals surface area contributed by atoms with Gasteiger partial charge in [-0.3, -0.25) is 0 Å². The van der Waals surface area contributed by atoms with E-state index in [4.69, 9.17) is 0 Å². The van der Waals surface area contributed by atoms with Gasteiger partial charge in [0.25, 0.3) is 0 Å². The first-order valence-electron chi connectivity index (χ1n) is 0.200.